The van der Waals surface area contributed by atoms with Crippen LogP contribution in [0.15, 0.2) is 53.1 Å². The molecule has 1 amide bonds. The van der Waals surface area contributed by atoms with Gasteiger partial charge in [0.2, 0.25) is 5.89 Å². The molecule has 3 rings (SSSR count). The number of hydrogen-bond acceptors (Lipinski definition) is 5. The standard InChI is InChI=1S/C16H14N4O2/c1-11-5-7-12(8-6-11)15(21)18-10-14-19-20-16(22-14)13-4-2-3-9-17-13/h2-9H,10H2,1H3,(H,18,21). The Morgan fingerprint density at radius 2 is 1.95 bits per heavy atom. The molecule has 3 aromatic rings. The van der Waals surface area contributed by atoms with Crippen molar-refractivity contribution in [1.82, 2.24) is 20.5 Å². The number of carbonyl (C=O) groups is 1. The zero-order valence-corrected chi connectivity index (χ0v) is 12.0. The van der Waals surface area contributed by atoms with E-state index >= 15 is 0 Å². The predicted octanol–water partition coefficient (Wildman–Crippen LogP) is 2.37. The normalized spacial score (nSPS) is 10.4. The number of hydrogen-bond donors (Lipinski definition) is 1. The topological polar surface area (TPSA) is 80.9 Å². The van der Waals surface area contributed by atoms with Gasteiger partial charge in [0.15, 0.2) is 0 Å². The Kier molecular flexibility index (Phi) is 3.91. The van der Waals surface area contributed by atoms with Crippen molar-refractivity contribution in [2.24, 2.45) is 0 Å². The summed E-state index contributed by atoms with van der Waals surface area (Å²) in [5, 5.41) is 10.6. The number of carbonyl (C=O) groups excluding carboxylic acids is 1. The first-order valence-corrected chi connectivity index (χ1v) is 6.81. The van der Waals surface area contributed by atoms with Gasteiger partial charge in [-0.05, 0) is 31.2 Å². The third kappa shape index (κ3) is 3.17. The largest absolute Gasteiger partial charge is 0.417 e. The molecule has 6 nitrogen and oxygen atoms in total. The Labute approximate surface area is 127 Å². The summed E-state index contributed by atoms with van der Waals surface area (Å²) in [6, 6.07) is 12.8. The average Bonchev–Trinajstić information content (AvgIpc) is 3.03. The SMILES string of the molecule is Cc1ccc(C(=O)NCc2nnc(-c3ccccn3)o2)cc1. The summed E-state index contributed by atoms with van der Waals surface area (Å²) in [4.78, 5) is 16.1. The van der Waals surface area contributed by atoms with E-state index in [0.29, 0.717) is 23.0 Å². The number of nitrogens with one attached hydrogen (secondary N) is 1. The van der Waals surface area contributed by atoms with E-state index in [2.05, 4.69) is 20.5 Å². The van der Waals surface area contributed by atoms with E-state index in [1.807, 2.05) is 31.2 Å². The fourth-order valence-electron chi connectivity index (χ4n) is 1.88. The van der Waals surface area contributed by atoms with Crippen LogP contribution in [0.1, 0.15) is 21.8 Å². The molecule has 0 aliphatic rings. The molecule has 1 aromatic carbocycles. The van der Waals surface area contributed by atoms with Crippen LogP contribution >= 0.6 is 0 Å². The van der Waals surface area contributed by atoms with E-state index < -0.39 is 0 Å². The molecule has 110 valence electrons. The Morgan fingerprint density at radius 1 is 1.14 bits per heavy atom. The Morgan fingerprint density at radius 3 is 2.68 bits per heavy atom. The van der Waals surface area contributed by atoms with Gasteiger partial charge in [-0.25, -0.2) is 0 Å². The summed E-state index contributed by atoms with van der Waals surface area (Å²) in [5.74, 6) is 0.485. The fourth-order valence-corrected chi connectivity index (χ4v) is 1.88. The number of benzene rings is 1. The van der Waals surface area contributed by atoms with Crippen LogP contribution in [0.25, 0.3) is 11.6 Å². The van der Waals surface area contributed by atoms with Crippen molar-refractivity contribution in [3.63, 3.8) is 0 Å². The van der Waals surface area contributed by atoms with Gasteiger partial charge in [0, 0.05) is 11.8 Å². The van der Waals surface area contributed by atoms with E-state index in [-0.39, 0.29) is 12.5 Å². The minimum Gasteiger partial charge on any atom is -0.417 e. The first kappa shape index (κ1) is 13.9. The summed E-state index contributed by atoms with van der Waals surface area (Å²) in [5.41, 5.74) is 2.30. The highest BCUT2D eigenvalue weighted by molar-refractivity contribution is 5.94. The lowest BCUT2D eigenvalue weighted by Gasteiger charge is -2.02. The van der Waals surface area contributed by atoms with Crippen molar-refractivity contribution in [1.29, 1.82) is 0 Å². The highest BCUT2D eigenvalue weighted by atomic mass is 16.4. The molecule has 0 aliphatic carbocycles. The maximum absolute atomic E-state index is 12.0. The molecule has 0 spiro atoms. The Balaban J connectivity index is 1.64. The van der Waals surface area contributed by atoms with Gasteiger partial charge < -0.3 is 9.73 Å². The molecule has 0 aliphatic heterocycles. The molecule has 0 unspecified atom stereocenters. The fraction of sp³-hybridized carbons (Fsp3) is 0.125. The smallest absolute Gasteiger partial charge is 0.266 e. The third-order valence-corrected chi connectivity index (χ3v) is 3.06. The highest BCUT2D eigenvalue weighted by Gasteiger charge is 2.11. The van der Waals surface area contributed by atoms with E-state index in [0.717, 1.165) is 5.56 Å². The summed E-state index contributed by atoms with van der Waals surface area (Å²) in [6.45, 7) is 2.14. The van der Waals surface area contributed by atoms with Crippen LogP contribution in [0, 0.1) is 6.92 Å². The van der Waals surface area contributed by atoms with Crippen LogP contribution in [0.2, 0.25) is 0 Å². The Bertz CT molecular complexity index is 766. The quantitative estimate of drug-likeness (QED) is 0.799. The maximum Gasteiger partial charge on any atom is 0.266 e. The van der Waals surface area contributed by atoms with E-state index in [1.165, 1.54) is 0 Å². The van der Waals surface area contributed by atoms with Gasteiger partial charge >= 0.3 is 0 Å². The molecule has 0 fully saturated rings. The molecular formula is C16H14N4O2. The van der Waals surface area contributed by atoms with E-state index in [9.17, 15) is 4.79 Å². The summed E-state index contributed by atoms with van der Waals surface area (Å²) >= 11 is 0. The Hall–Kier alpha value is -3.02. The average molecular weight is 294 g/mol. The van der Waals surface area contributed by atoms with Gasteiger partial charge in [-0.15, -0.1) is 10.2 Å². The maximum atomic E-state index is 12.0. The van der Waals surface area contributed by atoms with Crippen molar-refractivity contribution < 1.29 is 9.21 Å². The molecule has 0 bridgehead atoms. The molecule has 0 saturated heterocycles. The first-order valence-electron chi connectivity index (χ1n) is 6.81. The van der Waals surface area contributed by atoms with E-state index in [1.54, 1.807) is 24.4 Å². The van der Waals surface area contributed by atoms with Crippen molar-refractivity contribution in [3.8, 4) is 11.6 Å². The lowest BCUT2D eigenvalue weighted by Crippen LogP contribution is -2.22. The minimum absolute atomic E-state index is 0.173. The van der Waals surface area contributed by atoms with Crippen LogP contribution in [0.4, 0.5) is 0 Å². The summed E-state index contributed by atoms with van der Waals surface area (Å²) in [7, 11) is 0. The molecule has 6 heteroatoms. The summed E-state index contributed by atoms with van der Waals surface area (Å²) in [6.07, 6.45) is 1.65. The molecule has 1 N–H and O–H groups in total. The van der Waals surface area contributed by atoms with Crippen LogP contribution in [0.3, 0.4) is 0 Å². The molecule has 0 atom stereocenters. The molecule has 0 radical (unpaired) electrons. The van der Waals surface area contributed by atoms with Crippen molar-refractivity contribution in [2.75, 3.05) is 0 Å². The van der Waals surface area contributed by atoms with Crippen molar-refractivity contribution >= 4 is 5.91 Å². The second-order valence-corrected chi connectivity index (χ2v) is 4.76. The molecular weight excluding hydrogens is 280 g/mol. The zero-order valence-electron chi connectivity index (χ0n) is 12.0. The lowest BCUT2D eigenvalue weighted by atomic mass is 10.1. The summed E-state index contributed by atoms with van der Waals surface area (Å²) < 4.78 is 5.48. The number of pyridine rings is 1. The second-order valence-electron chi connectivity index (χ2n) is 4.76. The monoisotopic (exact) mass is 294 g/mol. The number of amides is 1. The lowest BCUT2D eigenvalue weighted by molar-refractivity contribution is 0.0947. The van der Waals surface area contributed by atoms with E-state index in [4.69, 9.17) is 4.42 Å². The van der Waals surface area contributed by atoms with Gasteiger partial charge in [0.25, 0.3) is 11.8 Å². The van der Waals surface area contributed by atoms with Crippen molar-refractivity contribution in [2.45, 2.75) is 13.5 Å². The number of nitrogens with zero attached hydrogens (tertiary/aromatic N) is 3. The number of aryl methyl sites for hydroxylation is 1. The van der Waals surface area contributed by atoms with Crippen LogP contribution < -0.4 is 5.32 Å². The molecule has 2 heterocycles. The van der Waals surface area contributed by atoms with Crippen LogP contribution in [-0.2, 0) is 6.54 Å². The van der Waals surface area contributed by atoms with Crippen LogP contribution in [-0.4, -0.2) is 21.1 Å². The van der Waals surface area contributed by atoms with Gasteiger partial charge in [0.1, 0.15) is 5.69 Å². The number of aromatic nitrogens is 3. The van der Waals surface area contributed by atoms with Crippen molar-refractivity contribution in [3.05, 3.63) is 65.7 Å². The second kappa shape index (κ2) is 6.17. The molecule has 0 saturated carbocycles. The highest BCUT2D eigenvalue weighted by Crippen LogP contribution is 2.14. The van der Waals surface area contributed by atoms with Gasteiger partial charge in [-0.1, -0.05) is 23.8 Å². The van der Waals surface area contributed by atoms with Gasteiger partial charge in [0.05, 0.1) is 6.54 Å². The minimum atomic E-state index is -0.183. The molecule has 22 heavy (non-hydrogen) atoms. The van der Waals surface area contributed by atoms with Gasteiger partial charge in [-0.3, -0.25) is 9.78 Å². The molecule has 2 aromatic heterocycles. The zero-order chi connectivity index (χ0) is 15.4. The first-order chi connectivity index (χ1) is 10.7. The van der Waals surface area contributed by atoms with Gasteiger partial charge in [-0.2, -0.15) is 0 Å². The van der Waals surface area contributed by atoms with Crippen LogP contribution in [0.5, 0.6) is 0 Å². The third-order valence-electron chi connectivity index (χ3n) is 3.06. The number of rotatable bonds is 4. The predicted molar refractivity (Wildman–Crippen MR) is 79.9 cm³/mol.